The van der Waals surface area contributed by atoms with Crippen molar-refractivity contribution in [1.82, 2.24) is 0 Å². The molecule has 3 nitrogen and oxygen atoms in total. The molecule has 0 heterocycles. The SMILES string of the molecule is CC(O)CCC(O)CCCCN. The third-order valence-corrected chi connectivity index (χ3v) is 1.91. The first-order valence-electron chi connectivity index (χ1n) is 4.73. The monoisotopic (exact) mass is 175 g/mol. The van der Waals surface area contributed by atoms with Crippen LogP contribution in [0.3, 0.4) is 0 Å². The molecule has 0 aliphatic rings. The third kappa shape index (κ3) is 7.98. The minimum Gasteiger partial charge on any atom is -0.393 e. The molecule has 0 aromatic heterocycles. The lowest BCUT2D eigenvalue weighted by Crippen LogP contribution is -2.11. The van der Waals surface area contributed by atoms with E-state index in [0.717, 1.165) is 19.3 Å². The van der Waals surface area contributed by atoms with Crippen molar-refractivity contribution in [3.8, 4) is 0 Å². The molecule has 0 radical (unpaired) electrons. The number of nitrogens with two attached hydrogens (primary N) is 1. The first-order valence-corrected chi connectivity index (χ1v) is 4.73. The summed E-state index contributed by atoms with van der Waals surface area (Å²) in [6, 6.07) is 0. The molecule has 0 rings (SSSR count). The van der Waals surface area contributed by atoms with Crippen LogP contribution < -0.4 is 5.73 Å². The fourth-order valence-electron chi connectivity index (χ4n) is 1.10. The summed E-state index contributed by atoms with van der Waals surface area (Å²) in [6.45, 7) is 2.44. The van der Waals surface area contributed by atoms with Gasteiger partial charge in [-0.2, -0.15) is 0 Å². The highest BCUT2D eigenvalue weighted by Crippen LogP contribution is 2.07. The molecule has 0 amide bonds. The van der Waals surface area contributed by atoms with E-state index in [1.807, 2.05) is 0 Å². The molecule has 2 atom stereocenters. The van der Waals surface area contributed by atoms with Crippen molar-refractivity contribution >= 4 is 0 Å². The molecule has 0 spiro atoms. The van der Waals surface area contributed by atoms with E-state index in [9.17, 15) is 5.11 Å². The molecule has 2 unspecified atom stereocenters. The second-order valence-electron chi connectivity index (χ2n) is 3.36. The second kappa shape index (κ2) is 7.53. The maximum absolute atomic E-state index is 9.37. The first-order chi connectivity index (χ1) is 5.66. The molecule has 12 heavy (non-hydrogen) atoms. The number of hydrogen-bond acceptors (Lipinski definition) is 3. The molecular formula is C9H21NO2. The van der Waals surface area contributed by atoms with E-state index in [1.165, 1.54) is 0 Å². The molecule has 0 saturated carbocycles. The van der Waals surface area contributed by atoms with Crippen molar-refractivity contribution in [2.24, 2.45) is 5.73 Å². The van der Waals surface area contributed by atoms with Gasteiger partial charge >= 0.3 is 0 Å². The van der Waals surface area contributed by atoms with Crippen LogP contribution in [-0.2, 0) is 0 Å². The molecule has 0 aromatic rings. The zero-order valence-electron chi connectivity index (χ0n) is 7.87. The van der Waals surface area contributed by atoms with Crippen LogP contribution in [0.25, 0.3) is 0 Å². The van der Waals surface area contributed by atoms with E-state index in [2.05, 4.69) is 0 Å². The molecule has 0 aromatic carbocycles. The topological polar surface area (TPSA) is 66.5 Å². The standard InChI is InChI=1S/C9H21NO2/c1-8(11)5-6-9(12)4-2-3-7-10/h8-9,11-12H,2-7,10H2,1H3. The van der Waals surface area contributed by atoms with Gasteiger partial charge in [0.2, 0.25) is 0 Å². The van der Waals surface area contributed by atoms with E-state index >= 15 is 0 Å². The van der Waals surface area contributed by atoms with Crippen molar-refractivity contribution in [3.63, 3.8) is 0 Å². The number of unbranched alkanes of at least 4 members (excludes halogenated alkanes) is 1. The molecule has 4 N–H and O–H groups in total. The van der Waals surface area contributed by atoms with Crippen LogP contribution in [0.4, 0.5) is 0 Å². The number of hydrogen-bond donors (Lipinski definition) is 3. The molecule has 0 bridgehead atoms. The van der Waals surface area contributed by atoms with Crippen LogP contribution >= 0.6 is 0 Å². The van der Waals surface area contributed by atoms with Gasteiger partial charge in [-0.1, -0.05) is 0 Å². The summed E-state index contributed by atoms with van der Waals surface area (Å²) in [5, 5.41) is 18.3. The Hall–Kier alpha value is -0.120. The maximum Gasteiger partial charge on any atom is 0.0541 e. The first kappa shape index (κ1) is 11.9. The molecular weight excluding hydrogens is 154 g/mol. The van der Waals surface area contributed by atoms with Gasteiger partial charge in [-0.3, -0.25) is 0 Å². The molecule has 0 aliphatic heterocycles. The lowest BCUT2D eigenvalue weighted by atomic mass is 10.1. The van der Waals surface area contributed by atoms with Gasteiger partial charge in [0.1, 0.15) is 0 Å². The average molecular weight is 175 g/mol. The number of rotatable bonds is 7. The summed E-state index contributed by atoms with van der Waals surface area (Å²) >= 11 is 0. The van der Waals surface area contributed by atoms with Crippen molar-refractivity contribution < 1.29 is 10.2 Å². The second-order valence-corrected chi connectivity index (χ2v) is 3.36. The number of aliphatic hydroxyl groups is 2. The van der Waals surface area contributed by atoms with E-state index in [1.54, 1.807) is 6.92 Å². The van der Waals surface area contributed by atoms with Crippen LogP contribution in [-0.4, -0.2) is 29.0 Å². The van der Waals surface area contributed by atoms with Gasteiger partial charge < -0.3 is 15.9 Å². The van der Waals surface area contributed by atoms with Crippen LogP contribution in [0.2, 0.25) is 0 Å². The van der Waals surface area contributed by atoms with Gasteiger partial charge in [0.05, 0.1) is 12.2 Å². The summed E-state index contributed by atoms with van der Waals surface area (Å²) < 4.78 is 0. The summed E-state index contributed by atoms with van der Waals surface area (Å²) in [6.07, 6.45) is 3.60. The van der Waals surface area contributed by atoms with Crippen LogP contribution in [0, 0.1) is 0 Å². The fraction of sp³-hybridized carbons (Fsp3) is 1.00. The normalized spacial score (nSPS) is 16.0. The highest BCUT2D eigenvalue weighted by atomic mass is 16.3. The minimum absolute atomic E-state index is 0.258. The van der Waals surface area contributed by atoms with Gasteiger partial charge in [0, 0.05) is 0 Å². The summed E-state index contributed by atoms with van der Waals surface area (Å²) in [5.74, 6) is 0. The van der Waals surface area contributed by atoms with Crippen LogP contribution in [0.5, 0.6) is 0 Å². The zero-order valence-corrected chi connectivity index (χ0v) is 7.87. The summed E-state index contributed by atoms with van der Waals surface area (Å²) in [7, 11) is 0. The Morgan fingerprint density at radius 2 is 1.75 bits per heavy atom. The Kier molecular flexibility index (Phi) is 7.45. The zero-order chi connectivity index (χ0) is 9.40. The Bertz CT molecular complexity index is 96.5. The number of aliphatic hydroxyl groups excluding tert-OH is 2. The van der Waals surface area contributed by atoms with Crippen molar-refractivity contribution in [3.05, 3.63) is 0 Å². The fourth-order valence-corrected chi connectivity index (χ4v) is 1.10. The molecule has 0 saturated heterocycles. The molecule has 74 valence electrons. The Morgan fingerprint density at radius 1 is 1.08 bits per heavy atom. The molecule has 3 heteroatoms. The lowest BCUT2D eigenvalue weighted by Gasteiger charge is -2.10. The van der Waals surface area contributed by atoms with E-state index in [-0.39, 0.29) is 12.2 Å². The van der Waals surface area contributed by atoms with Crippen molar-refractivity contribution in [1.29, 1.82) is 0 Å². The Labute approximate surface area is 74.6 Å². The largest absolute Gasteiger partial charge is 0.393 e. The van der Waals surface area contributed by atoms with Crippen molar-refractivity contribution in [2.45, 2.75) is 51.2 Å². The quantitative estimate of drug-likeness (QED) is 0.497. The Balaban J connectivity index is 3.15. The third-order valence-electron chi connectivity index (χ3n) is 1.91. The van der Waals surface area contributed by atoms with E-state index < -0.39 is 0 Å². The maximum atomic E-state index is 9.37. The smallest absolute Gasteiger partial charge is 0.0541 e. The van der Waals surface area contributed by atoms with E-state index in [4.69, 9.17) is 10.8 Å². The van der Waals surface area contributed by atoms with Gasteiger partial charge in [-0.15, -0.1) is 0 Å². The van der Waals surface area contributed by atoms with Crippen LogP contribution in [0.1, 0.15) is 39.0 Å². The van der Waals surface area contributed by atoms with Gasteiger partial charge in [-0.25, -0.2) is 0 Å². The molecule has 0 aliphatic carbocycles. The summed E-state index contributed by atoms with van der Waals surface area (Å²) in [4.78, 5) is 0. The van der Waals surface area contributed by atoms with Gasteiger partial charge in [0.15, 0.2) is 0 Å². The molecule has 0 fully saturated rings. The van der Waals surface area contributed by atoms with E-state index in [0.29, 0.717) is 19.4 Å². The minimum atomic E-state index is -0.297. The highest BCUT2D eigenvalue weighted by Gasteiger charge is 2.05. The highest BCUT2D eigenvalue weighted by molar-refractivity contribution is 4.58. The predicted molar refractivity (Wildman–Crippen MR) is 49.8 cm³/mol. The average Bonchev–Trinajstić information content (AvgIpc) is 2.01. The summed E-state index contributed by atoms with van der Waals surface area (Å²) in [5.41, 5.74) is 5.32. The van der Waals surface area contributed by atoms with Crippen LogP contribution in [0.15, 0.2) is 0 Å². The van der Waals surface area contributed by atoms with Gasteiger partial charge in [0.25, 0.3) is 0 Å². The lowest BCUT2D eigenvalue weighted by molar-refractivity contribution is 0.115. The Morgan fingerprint density at radius 3 is 2.25 bits per heavy atom. The predicted octanol–water partition coefficient (Wildman–Crippen LogP) is 0.637. The van der Waals surface area contributed by atoms with Gasteiger partial charge in [-0.05, 0) is 45.6 Å². The van der Waals surface area contributed by atoms with Crippen molar-refractivity contribution in [2.75, 3.05) is 6.54 Å².